The van der Waals surface area contributed by atoms with Crippen LogP contribution in [-0.2, 0) is 6.54 Å². The van der Waals surface area contributed by atoms with E-state index in [0.29, 0.717) is 6.54 Å². The molecule has 1 unspecified atom stereocenters. The summed E-state index contributed by atoms with van der Waals surface area (Å²) in [5.74, 6) is -0.157. The lowest BCUT2D eigenvalue weighted by atomic mass is 9.97. The van der Waals surface area contributed by atoms with Gasteiger partial charge in [-0.3, -0.25) is 0 Å². The maximum absolute atomic E-state index is 13.1. The molecule has 1 aromatic carbocycles. The van der Waals surface area contributed by atoms with Crippen LogP contribution in [-0.4, -0.2) is 6.54 Å². The standard InChI is InChI=1S/C9H11FN2/c10-8-3-1-2-6-7(8)4-12-5-9(6)11/h1-3,9,12H,4-5,11H2. The molecule has 64 valence electrons. The molecular formula is C9H11FN2. The lowest BCUT2D eigenvalue weighted by molar-refractivity contribution is 0.518. The summed E-state index contributed by atoms with van der Waals surface area (Å²) in [7, 11) is 0. The fourth-order valence-electron chi connectivity index (χ4n) is 1.57. The van der Waals surface area contributed by atoms with Gasteiger partial charge in [0.25, 0.3) is 0 Å². The largest absolute Gasteiger partial charge is 0.323 e. The van der Waals surface area contributed by atoms with Crippen molar-refractivity contribution in [1.82, 2.24) is 5.32 Å². The maximum atomic E-state index is 13.1. The molecule has 0 spiro atoms. The zero-order valence-electron chi connectivity index (χ0n) is 6.68. The average Bonchev–Trinajstić information content (AvgIpc) is 2.07. The average molecular weight is 166 g/mol. The first-order chi connectivity index (χ1) is 5.79. The first-order valence-corrected chi connectivity index (χ1v) is 4.02. The summed E-state index contributed by atoms with van der Waals surface area (Å²) in [5, 5.41) is 3.07. The number of hydrogen-bond acceptors (Lipinski definition) is 2. The molecule has 0 saturated heterocycles. The van der Waals surface area contributed by atoms with Gasteiger partial charge in [-0.15, -0.1) is 0 Å². The number of fused-ring (bicyclic) bond motifs is 1. The SMILES string of the molecule is NC1CNCc2c(F)cccc21. The van der Waals surface area contributed by atoms with E-state index in [1.54, 1.807) is 6.07 Å². The van der Waals surface area contributed by atoms with E-state index in [1.165, 1.54) is 6.07 Å². The van der Waals surface area contributed by atoms with Gasteiger partial charge in [0, 0.05) is 24.7 Å². The van der Waals surface area contributed by atoms with E-state index in [-0.39, 0.29) is 11.9 Å². The van der Waals surface area contributed by atoms with Crippen molar-refractivity contribution in [2.45, 2.75) is 12.6 Å². The molecular weight excluding hydrogens is 155 g/mol. The topological polar surface area (TPSA) is 38.0 Å². The molecule has 1 heterocycles. The van der Waals surface area contributed by atoms with Crippen molar-refractivity contribution in [2.24, 2.45) is 5.73 Å². The van der Waals surface area contributed by atoms with Crippen molar-refractivity contribution in [1.29, 1.82) is 0 Å². The summed E-state index contributed by atoms with van der Waals surface area (Å²) >= 11 is 0. The van der Waals surface area contributed by atoms with E-state index in [2.05, 4.69) is 5.32 Å². The molecule has 3 N–H and O–H groups in total. The Morgan fingerprint density at radius 3 is 3.08 bits per heavy atom. The Morgan fingerprint density at radius 1 is 1.50 bits per heavy atom. The van der Waals surface area contributed by atoms with E-state index in [0.717, 1.165) is 17.7 Å². The minimum Gasteiger partial charge on any atom is -0.323 e. The van der Waals surface area contributed by atoms with E-state index in [1.807, 2.05) is 6.07 Å². The molecule has 0 aromatic heterocycles. The minimum atomic E-state index is -0.157. The molecule has 0 saturated carbocycles. The predicted octanol–water partition coefficient (Wildman–Crippen LogP) is 0.929. The number of benzene rings is 1. The Kier molecular flexibility index (Phi) is 1.83. The van der Waals surface area contributed by atoms with Gasteiger partial charge in [-0.1, -0.05) is 12.1 Å². The summed E-state index contributed by atoms with van der Waals surface area (Å²) in [5.41, 5.74) is 7.44. The van der Waals surface area contributed by atoms with Gasteiger partial charge in [0.1, 0.15) is 5.82 Å². The van der Waals surface area contributed by atoms with Crippen LogP contribution in [0, 0.1) is 5.82 Å². The molecule has 0 aliphatic carbocycles. The fourth-order valence-corrected chi connectivity index (χ4v) is 1.57. The van der Waals surface area contributed by atoms with Gasteiger partial charge in [0.2, 0.25) is 0 Å². The summed E-state index contributed by atoms with van der Waals surface area (Å²) in [6.45, 7) is 1.33. The van der Waals surface area contributed by atoms with Gasteiger partial charge < -0.3 is 11.1 Å². The highest BCUT2D eigenvalue weighted by Crippen LogP contribution is 2.21. The molecule has 3 heteroatoms. The number of nitrogens with one attached hydrogen (secondary N) is 1. The van der Waals surface area contributed by atoms with Crippen LogP contribution < -0.4 is 11.1 Å². The summed E-state index contributed by atoms with van der Waals surface area (Å²) in [6, 6.07) is 5.01. The van der Waals surface area contributed by atoms with Crippen molar-refractivity contribution in [3.05, 3.63) is 35.1 Å². The Balaban J connectivity index is 2.52. The summed E-state index contributed by atoms with van der Waals surface area (Å²) in [6.07, 6.45) is 0. The zero-order valence-corrected chi connectivity index (χ0v) is 6.68. The second-order valence-electron chi connectivity index (χ2n) is 3.05. The molecule has 12 heavy (non-hydrogen) atoms. The molecule has 1 aliphatic heterocycles. The smallest absolute Gasteiger partial charge is 0.128 e. The summed E-state index contributed by atoms with van der Waals surface area (Å²) < 4.78 is 13.1. The molecule has 1 aliphatic rings. The number of halogens is 1. The molecule has 0 bridgehead atoms. The van der Waals surface area contributed by atoms with E-state index in [4.69, 9.17) is 5.73 Å². The third kappa shape index (κ3) is 1.11. The van der Waals surface area contributed by atoms with Crippen LogP contribution in [0.4, 0.5) is 4.39 Å². The normalized spacial score (nSPS) is 22.0. The number of hydrogen-bond donors (Lipinski definition) is 2. The summed E-state index contributed by atoms with van der Waals surface area (Å²) in [4.78, 5) is 0. The van der Waals surface area contributed by atoms with Crippen molar-refractivity contribution < 1.29 is 4.39 Å². The fraction of sp³-hybridized carbons (Fsp3) is 0.333. The lowest BCUT2D eigenvalue weighted by Crippen LogP contribution is -2.33. The highest BCUT2D eigenvalue weighted by atomic mass is 19.1. The number of nitrogens with two attached hydrogens (primary N) is 1. The number of rotatable bonds is 0. The van der Waals surface area contributed by atoms with Crippen LogP contribution in [0.2, 0.25) is 0 Å². The quantitative estimate of drug-likeness (QED) is 0.601. The molecule has 0 fully saturated rings. The van der Waals surface area contributed by atoms with E-state index >= 15 is 0 Å². The molecule has 0 radical (unpaired) electrons. The third-order valence-corrected chi connectivity index (χ3v) is 2.22. The van der Waals surface area contributed by atoms with E-state index < -0.39 is 0 Å². The minimum absolute atomic E-state index is 0.0653. The molecule has 2 rings (SSSR count). The second kappa shape index (κ2) is 2.84. The zero-order chi connectivity index (χ0) is 8.55. The van der Waals surface area contributed by atoms with Crippen LogP contribution in [0.3, 0.4) is 0 Å². The first kappa shape index (κ1) is 7.71. The van der Waals surface area contributed by atoms with Crippen LogP contribution in [0.5, 0.6) is 0 Å². The molecule has 1 atom stereocenters. The van der Waals surface area contributed by atoms with Gasteiger partial charge in [-0.2, -0.15) is 0 Å². The van der Waals surface area contributed by atoms with Crippen LogP contribution in [0.1, 0.15) is 17.2 Å². The Labute approximate surface area is 70.6 Å². The first-order valence-electron chi connectivity index (χ1n) is 4.02. The van der Waals surface area contributed by atoms with Crippen molar-refractivity contribution in [2.75, 3.05) is 6.54 Å². The van der Waals surface area contributed by atoms with Gasteiger partial charge in [0.15, 0.2) is 0 Å². The Bertz CT molecular complexity index is 299. The van der Waals surface area contributed by atoms with Crippen molar-refractivity contribution >= 4 is 0 Å². The second-order valence-corrected chi connectivity index (χ2v) is 3.05. The van der Waals surface area contributed by atoms with E-state index in [9.17, 15) is 4.39 Å². The monoisotopic (exact) mass is 166 g/mol. The van der Waals surface area contributed by atoms with Crippen molar-refractivity contribution in [3.63, 3.8) is 0 Å². The molecule has 2 nitrogen and oxygen atoms in total. The highest BCUT2D eigenvalue weighted by Gasteiger charge is 2.18. The van der Waals surface area contributed by atoms with Gasteiger partial charge in [-0.05, 0) is 11.6 Å². The molecule has 1 aromatic rings. The highest BCUT2D eigenvalue weighted by molar-refractivity contribution is 5.33. The maximum Gasteiger partial charge on any atom is 0.128 e. The Hall–Kier alpha value is -0.930. The molecule has 0 amide bonds. The predicted molar refractivity (Wildman–Crippen MR) is 45.0 cm³/mol. The van der Waals surface area contributed by atoms with Gasteiger partial charge in [0.05, 0.1) is 0 Å². The van der Waals surface area contributed by atoms with Gasteiger partial charge >= 0.3 is 0 Å². The van der Waals surface area contributed by atoms with Crippen LogP contribution in [0.25, 0.3) is 0 Å². The van der Waals surface area contributed by atoms with Crippen molar-refractivity contribution in [3.8, 4) is 0 Å². The van der Waals surface area contributed by atoms with Crippen LogP contribution >= 0.6 is 0 Å². The third-order valence-electron chi connectivity index (χ3n) is 2.22. The lowest BCUT2D eigenvalue weighted by Gasteiger charge is -2.23. The van der Waals surface area contributed by atoms with Crippen LogP contribution in [0.15, 0.2) is 18.2 Å². The van der Waals surface area contributed by atoms with Gasteiger partial charge in [-0.25, -0.2) is 4.39 Å². The Morgan fingerprint density at radius 2 is 2.33 bits per heavy atom.